The number of sulfonamides is 1. The molecule has 4 nitrogen and oxygen atoms in total. The first-order valence-electron chi connectivity index (χ1n) is 5.86. The molecule has 0 aliphatic carbocycles. The number of nitrogens with zero attached hydrogens (tertiary/aromatic N) is 1. The summed E-state index contributed by atoms with van der Waals surface area (Å²) in [4.78, 5) is -0.0645. The lowest BCUT2D eigenvalue weighted by molar-refractivity contribution is 0.581. The molecule has 0 aliphatic heterocycles. The van der Waals surface area contributed by atoms with Gasteiger partial charge in [-0.25, -0.2) is 13.1 Å². The van der Waals surface area contributed by atoms with Crippen molar-refractivity contribution in [3.63, 3.8) is 0 Å². The van der Waals surface area contributed by atoms with Crippen LogP contribution in [0.25, 0.3) is 0 Å². The number of hydrogen-bond donors (Lipinski definition) is 1. The van der Waals surface area contributed by atoms with Crippen LogP contribution in [0.2, 0.25) is 10.0 Å². The standard InChI is InChI=1S/C14H10Cl2N2O2S/c15-12-5-6-13(16)14(7-12)21(19,20)18-9-11-3-1-10(8-17)2-4-11/h1-7,18H,9H2. The first kappa shape index (κ1) is 15.8. The summed E-state index contributed by atoms with van der Waals surface area (Å²) in [5.41, 5.74) is 1.25. The second-order valence-electron chi connectivity index (χ2n) is 4.21. The Kier molecular flexibility index (Phi) is 4.86. The Morgan fingerprint density at radius 3 is 2.38 bits per heavy atom. The molecule has 0 aromatic heterocycles. The van der Waals surface area contributed by atoms with Crippen LogP contribution in [0.5, 0.6) is 0 Å². The Labute approximate surface area is 133 Å². The van der Waals surface area contributed by atoms with Gasteiger partial charge < -0.3 is 0 Å². The normalized spacial score (nSPS) is 11.1. The third-order valence-corrected chi connectivity index (χ3v) is 4.85. The monoisotopic (exact) mass is 340 g/mol. The molecule has 2 aromatic rings. The molecule has 2 rings (SSSR count). The predicted molar refractivity (Wildman–Crippen MR) is 81.6 cm³/mol. The van der Waals surface area contributed by atoms with Gasteiger partial charge in [-0.05, 0) is 35.9 Å². The zero-order chi connectivity index (χ0) is 15.5. The summed E-state index contributed by atoms with van der Waals surface area (Å²) in [5.74, 6) is 0. The Hall–Kier alpha value is -1.58. The Morgan fingerprint density at radius 1 is 1.10 bits per heavy atom. The largest absolute Gasteiger partial charge is 0.242 e. The van der Waals surface area contributed by atoms with E-state index >= 15 is 0 Å². The molecule has 0 aliphatic rings. The van der Waals surface area contributed by atoms with Gasteiger partial charge in [-0.15, -0.1) is 0 Å². The molecule has 108 valence electrons. The third kappa shape index (κ3) is 3.96. The highest BCUT2D eigenvalue weighted by Crippen LogP contribution is 2.24. The second kappa shape index (κ2) is 6.46. The van der Waals surface area contributed by atoms with Crippen LogP contribution in [0.15, 0.2) is 47.4 Å². The van der Waals surface area contributed by atoms with Gasteiger partial charge in [0.25, 0.3) is 0 Å². The summed E-state index contributed by atoms with van der Waals surface area (Å²) in [5, 5.41) is 9.10. The van der Waals surface area contributed by atoms with Crippen LogP contribution < -0.4 is 4.72 Å². The van der Waals surface area contributed by atoms with Crippen LogP contribution in [0.3, 0.4) is 0 Å². The lowest BCUT2D eigenvalue weighted by atomic mass is 10.1. The van der Waals surface area contributed by atoms with E-state index in [1.54, 1.807) is 24.3 Å². The molecule has 0 unspecified atom stereocenters. The minimum Gasteiger partial charge on any atom is -0.207 e. The fraction of sp³-hybridized carbons (Fsp3) is 0.0714. The summed E-state index contributed by atoms with van der Waals surface area (Å²) in [7, 11) is -3.76. The Morgan fingerprint density at radius 2 is 1.76 bits per heavy atom. The van der Waals surface area contributed by atoms with Crippen LogP contribution >= 0.6 is 23.2 Å². The van der Waals surface area contributed by atoms with Crippen LogP contribution in [0.1, 0.15) is 11.1 Å². The van der Waals surface area contributed by atoms with Crippen molar-refractivity contribution in [1.29, 1.82) is 5.26 Å². The maximum atomic E-state index is 12.2. The molecule has 0 radical (unpaired) electrons. The Bertz CT molecular complexity index is 797. The van der Waals surface area contributed by atoms with Crippen molar-refractivity contribution in [1.82, 2.24) is 4.72 Å². The van der Waals surface area contributed by atoms with Crippen molar-refractivity contribution in [3.05, 3.63) is 63.6 Å². The predicted octanol–water partition coefficient (Wildman–Crippen LogP) is 3.34. The van der Waals surface area contributed by atoms with Gasteiger partial charge in [-0.2, -0.15) is 5.26 Å². The van der Waals surface area contributed by atoms with E-state index in [1.807, 2.05) is 6.07 Å². The molecule has 0 bridgehead atoms. The van der Waals surface area contributed by atoms with Crippen LogP contribution in [-0.2, 0) is 16.6 Å². The molecular weight excluding hydrogens is 331 g/mol. The number of rotatable bonds is 4. The zero-order valence-electron chi connectivity index (χ0n) is 10.7. The van der Waals surface area contributed by atoms with Gasteiger partial charge in [-0.1, -0.05) is 35.3 Å². The molecule has 0 spiro atoms. The van der Waals surface area contributed by atoms with E-state index in [9.17, 15) is 8.42 Å². The van der Waals surface area contributed by atoms with E-state index in [-0.39, 0.29) is 21.5 Å². The molecule has 1 N–H and O–H groups in total. The second-order valence-corrected chi connectivity index (χ2v) is 6.79. The van der Waals surface area contributed by atoms with Crippen molar-refractivity contribution < 1.29 is 8.42 Å². The highest BCUT2D eigenvalue weighted by molar-refractivity contribution is 7.89. The summed E-state index contributed by atoms with van der Waals surface area (Å²) in [6.07, 6.45) is 0. The summed E-state index contributed by atoms with van der Waals surface area (Å²) in [6.45, 7) is 0.0941. The van der Waals surface area contributed by atoms with E-state index in [4.69, 9.17) is 28.5 Å². The average molecular weight is 341 g/mol. The van der Waals surface area contributed by atoms with Gasteiger partial charge in [-0.3, -0.25) is 0 Å². The Balaban J connectivity index is 2.17. The SMILES string of the molecule is N#Cc1ccc(CNS(=O)(=O)c2cc(Cl)ccc2Cl)cc1. The number of benzene rings is 2. The topological polar surface area (TPSA) is 70.0 Å². The first-order chi connectivity index (χ1) is 9.92. The molecule has 0 heterocycles. The third-order valence-electron chi connectivity index (χ3n) is 2.73. The minimum absolute atomic E-state index is 0.0645. The molecular formula is C14H10Cl2N2O2S. The quantitative estimate of drug-likeness (QED) is 0.927. The van der Waals surface area contributed by atoms with E-state index in [0.29, 0.717) is 5.56 Å². The van der Waals surface area contributed by atoms with Crippen LogP contribution in [0.4, 0.5) is 0 Å². The van der Waals surface area contributed by atoms with Gasteiger partial charge >= 0.3 is 0 Å². The fourth-order valence-corrected chi connectivity index (χ4v) is 3.41. The van der Waals surface area contributed by atoms with Gasteiger partial charge in [0.2, 0.25) is 10.0 Å². The smallest absolute Gasteiger partial charge is 0.207 e. The lowest BCUT2D eigenvalue weighted by Gasteiger charge is -2.09. The zero-order valence-corrected chi connectivity index (χ0v) is 13.0. The van der Waals surface area contributed by atoms with Gasteiger partial charge in [0.15, 0.2) is 0 Å². The number of nitriles is 1. The molecule has 0 saturated carbocycles. The molecule has 0 amide bonds. The number of nitrogens with one attached hydrogen (secondary N) is 1. The van der Waals surface area contributed by atoms with E-state index < -0.39 is 10.0 Å². The molecule has 7 heteroatoms. The molecule has 21 heavy (non-hydrogen) atoms. The first-order valence-corrected chi connectivity index (χ1v) is 8.10. The van der Waals surface area contributed by atoms with Gasteiger partial charge in [0.1, 0.15) is 4.90 Å². The molecule has 0 atom stereocenters. The van der Waals surface area contributed by atoms with Crippen LogP contribution in [-0.4, -0.2) is 8.42 Å². The van der Waals surface area contributed by atoms with E-state index in [1.165, 1.54) is 18.2 Å². The van der Waals surface area contributed by atoms with Gasteiger partial charge in [0.05, 0.1) is 16.7 Å². The van der Waals surface area contributed by atoms with E-state index in [2.05, 4.69) is 4.72 Å². The van der Waals surface area contributed by atoms with Crippen molar-refractivity contribution >= 4 is 33.2 Å². The van der Waals surface area contributed by atoms with E-state index in [0.717, 1.165) is 5.56 Å². The maximum absolute atomic E-state index is 12.2. The molecule has 0 saturated heterocycles. The van der Waals surface area contributed by atoms with Crippen LogP contribution in [0, 0.1) is 11.3 Å². The molecule has 0 fully saturated rings. The van der Waals surface area contributed by atoms with Gasteiger partial charge in [0, 0.05) is 11.6 Å². The minimum atomic E-state index is -3.76. The lowest BCUT2D eigenvalue weighted by Crippen LogP contribution is -2.23. The highest BCUT2D eigenvalue weighted by atomic mass is 35.5. The maximum Gasteiger partial charge on any atom is 0.242 e. The highest BCUT2D eigenvalue weighted by Gasteiger charge is 2.18. The summed E-state index contributed by atoms with van der Waals surface area (Å²) in [6, 6.07) is 12.8. The van der Waals surface area contributed by atoms with Crippen molar-refractivity contribution in [2.45, 2.75) is 11.4 Å². The summed E-state index contributed by atoms with van der Waals surface area (Å²) >= 11 is 11.7. The molecule has 2 aromatic carbocycles. The average Bonchev–Trinajstić information content (AvgIpc) is 2.48. The fourth-order valence-electron chi connectivity index (χ4n) is 1.64. The number of halogens is 2. The summed E-state index contributed by atoms with van der Waals surface area (Å²) < 4.78 is 26.8. The van der Waals surface area contributed by atoms with Crippen molar-refractivity contribution in [3.8, 4) is 6.07 Å². The van der Waals surface area contributed by atoms with Crippen molar-refractivity contribution in [2.24, 2.45) is 0 Å². The van der Waals surface area contributed by atoms with Crippen molar-refractivity contribution in [2.75, 3.05) is 0 Å². The number of hydrogen-bond acceptors (Lipinski definition) is 3.